The van der Waals surface area contributed by atoms with Crippen molar-refractivity contribution >= 4 is 49.3 Å². The van der Waals surface area contributed by atoms with Gasteiger partial charge in [0.05, 0.1) is 17.3 Å². The molecule has 2 amide bonds. The molecule has 2 N–H and O–H groups in total. The van der Waals surface area contributed by atoms with Crippen molar-refractivity contribution in [2.24, 2.45) is 0 Å². The van der Waals surface area contributed by atoms with Crippen LogP contribution in [-0.4, -0.2) is 30.5 Å². The summed E-state index contributed by atoms with van der Waals surface area (Å²) in [6, 6.07) is 19.0. The Bertz CT molecular complexity index is 1200. The lowest BCUT2D eigenvalue weighted by molar-refractivity contribution is -0.116. The minimum atomic E-state index is -0.170. The first kappa shape index (κ1) is 19.8. The van der Waals surface area contributed by atoms with Crippen molar-refractivity contribution in [2.45, 2.75) is 12.8 Å². The summed E-state index contributed by atoms with van der Waals surface area (Å²) in [7, 11) is 1.58. The van der Waals surface area contributed by atoms with Crippen LogP contribution in [0.1, 0.15) is 23.2 Å². The first-order chi connectivity index (χ1) is 14.6. The van der Waals surface area contributed by atoms with E-state index in [9.17, 15) is 9.59 Å². The van der Waals surface area contributed by atoms with Gasteiger partial charge in [-0.2, -0.15) is 0 Å². The van der Waals surface area contributed by atoms with Crippen LogP contribution in [-0.2, 0) is 4.79 Å². The molecule has 0 atom stereocenters. The van der Waals surface area contributed by atoms with Crippen LogP contribution in [0.25, 0.3) is 21.0 Å². The molecule has 0 fully saturated rings. The fraction of sp³-hybridized carbons (Fsp3) is 0.174. The predicted octanol–water partition coefficient (Wildman–Crippen LogP) is 4.61. The Morgan fingerprint density at radius 2 is 1.83 bits per heavy atom. The Hall–Kier alpha value is -3.45. The molecule has 30 heavy (non-hydrogen) atoms. The van der Waals surface area contributed by atoms with Crippen LogP contribution < -0.4 is 15.4 Å². The second-order valence-corrected chi connectivity index (χ2v) is 7.82. The zero-order chi connectivity index (χ0) is 20.9. The van der Waals surface area contributed by atoms with Crippen molar-refractivity contribution in [1.82, 2.24) is 10.3 Å². The zero-order valence-corrected chi connectivity index (χ0v) is 17.3. The molecular weight excluding hydrogens is 398 g/mol. The van der Waals surface area contributed by atoms with Gasteiger partial charge in [-0.3, -0.25) is 9.59 Å². The Morgan fingerprint density at radius 1 is 1.03 bits per heavy atom. The van der Waals surface area contributed by atoms with Crippen LogP contribution in [0.3, 0.4) is 0 Å². The quantitative estimate of drug-likeness (QED) is 0.429. The van der Waals surface area contributed by atoms with Crippen molar-refractivity contribution in [2.75, 3.05) is 19.0 Å². The highest BCUT2D eigenvalue weighted by atomic mass is 32.1. The summed E-state index contributed by atoms with van der Waals surface area (Å²) >= 11 is 1.46. The van der Waals surface area contributed by atoms with E-state index in [0.717, 1.165) is 21.0 Å². The summed E-state index contributed by atoms with van der Waals surface area (Å²) in [6.45, 7) is 0.419. The molecule has 0 unspecified atom stereocenters. The molecule has 0 bridgehead atoms. The van der Waals surface area contributed by atoms with Gasteiger partial charge in [0.1, 0.15) is 5.75 Å². The fourth-order valence-corrected chi connectivity index (χ4v) is 4.09. The Labute approximate surface area is 177 Å². The monoisotopic (exact) mass is 419 g/mol. The van der Waals surface area contributed by atoms with Crippen LogP contribution in [0.4, 0.5) is 5.13 Å². The van der Waals surface area contributed by atoms with E-state index in [4.69, 9.17) is 4.74 Å². The lowest BCUT2D eigenvalue weighted by atomic mass is 10.1. The van der Waals surface area contributed by atoms with Gasteiger partial charge in [0.2, 0.25) is 5.91 Å². The van der Waals surface area contributed by atoms with Crippen molar-refractivity contribution in [3.05, 3.63) is 66.2 Å². The van der Waals surface area contributed by atoms with E-state index < -0.39 is 0 Å². The molecular formula is C23H21N3O3S. The van der Waals surface area contributed by atoms with E-state index in [1.165, 1.54) is 11.3 Å². The van der Waals surface area contributed by atoms with Gasteiger partial charge in [0, 0.05) is 23.9 Å². The molecule has 0 saturated heterocycles. The standard InChI is InChI=1S/C23H21N3O3S/c1-29-17-11-8-16(9-12-17)22(28)24-14-4-7-20(27)25-23-26-21-18-6-3-2-5-15(18)10-13-19(21)30-23/h2-3,5-6,8-13H,4,7,14H2,1H3,(H,24,28)(H,25,26,27). The molecule has 0 spiro atoms. The summed E-state index contributed by atoms with van der Waals surface area (Å²) in [4.78, 5) is 29.0. The summed E-state index contributed by atoms with van der Waals surface area (Å²) in [6.07, 6.45) is 0.848. The Morgan fingerprint density at radius 3 is 2.63 bits per heavy atom. The highest BCUT2D eigenvalue weighted by molar-refractivity contribution is 7.22. The number of hydrogen-bond acceptors (Lipinski definition) is 5. The smallest absolute Gasteiger partial charge is 0.251 e. The minimum Gasteiger partial charge on any atom is -0.497 e. The highest BCUT2D eigenvalue weighted by Gasteiger charge is 2.11. The topological polar surface area (TPSA) is 80.3 Å². The second-order valence-electron chi connectivity index (χ2n) is 6.79. The van der Waals surface area contributed by atoms with E-state index in [0.29, 0.717) is 35.8 Å². The molecule has 7 heteroatoms. The first-order valence-corrected chi connectivity index (χ1v) is 10.5. The van der Waals surface area contributed by atoms with E-state index >= 15 is 0 Å². The van der Waals surface area contributed by atoms with Crippen LogP contribution in [0, 0.1) is 0 Å². The zero-order valence-electron chi connectivity index (χ0n) is 16.5. The average Bonchev–Trinajstić information content (AvgIpc) is 3.19. The maximum absolute atomic E-state index is 12.3. The molecule has 0 aliphatic rings. The number of benzene rings is 3. The third-order valence-electron chi connectivity index (χ3n) is 4.75. The number of carbonyl (C=O) groups is 2. The lowest BCUT2D eigenvalue weighted by Crippen LogP contribution is -2.25. The van der Waals surface area contributed by atoms with Gasteiger partial charge in [-0.15, -0.1) is 0 Å². The van der Waals surface area contributed by atoms with Gasteiger partial charge in [-0.25, -0.2) is 4.98 Å². The highest BCUT2D eigenvalue weighted by Crippen LogP contribution is 2.31. The number of nitrogens with zero attached hydrogens (tertiary/aromatic N) is 1. The molecule has 6 nitrogen and oxygen atoms in total. The van der Waals surface area contributed by atoms with Crippen LogP contribution in [0.5, 0.6) is 5.75 Å². The Kier molecular flexibility index (Phi) is 5.90. The third kappa shape index (κ3) is 4.41. The van der Waals surface area contributed by atoms with Gasteiger partial charge < -0.3 is 15.4 Å². The summed E-state index contributed by atoms with van der Waals surface area (Å²) in [5.74, 6) is 0.416. The number of hydrogen-bond donors (Lipinski definition) is 2. The molecule has 1 heterocycles. The van der Waals surface area contributed by atoms with Crippen LogP contribution >= 0.6 is 11.3 Å². The molecule has 1 aromatic heterocycles. The molecule has 3 aromatic carbocycles. The van der Waals surface area contributed by atoms with E-state index in [2.05, 4.69) is 21.7 Å². The summed E-state index contributed by atoms with van der Waals surface area (Å²) in [5.41, 5.74) is 1.46. The molecule has 0 saturated carbocycles. The van der Waals surface area contributed by atoms with Crippen molar-refractivity contribution < 1.29 is 14.3 Å². The summed E-state index contributed by atoms with van der Waals surface area (Å²) < 4.78 is 6.12. The van der Waals surface area contributed by atoms with Gasteiger partial charge in [0.25, 0.3) is 5.91 Å². The molecule has 0 radical (unpaired) electrons. The van der Waals surface area contributed by atoms with Crippen molar-refractivity contribution in [1.29, 1.82) is 0 Å². The number of rotatable bonds is 7. The molecule has 4 rings (SSSR count). The molecule has 4 aromatic rings. The number of ether oxygens (including phenoxy) is 1. The minimum absolute atomic E-state index is 0.114. The Balaban J connectivity index is 1.28. The average molecular weight is 420 g/mol. The van der Waals surface area contributed by atoms with Crippen molar-refractivity contribution in [3.63, 3.8) is 0 Å². The largest absolute Gasteiger partial charge is 0.497 e. The first-order valence-electron chi connectivity index (χ1n) is 9.64. The van der Waals surface area contributed by atoms with E-state index in [1.807, 2.05) is 30.3 Å². The van der Waals surface area contributed by atoms with E-state index in [-0.39, 0.29) is 11.8 Å². The number of anilines is 1. The lowest BCUT2D eigenvalue weighted by Gasteiger charge is -2.06. The molecule has 0 aliphatic heterocycles. The number of aromatic nitrogens is 1. The number of thiazole rings is 1. The van der Waals surface area contributed by atoms with Gasteiger partial charge >= 0.3 is 0 Å². The van der Waals surface area contributed by atoms with Gasteiger partial charge in [-0.05, 0) is 42.1 Å². The fourth-order valence-electron chi connectivity index (χ4n) is 3.19. The number of fused-ring (bicyclic) bond motifs is 3. The SMILES string of the molecule is COc1ccc(C(=O)NCCCC(=O)Nc2nc3c(ccc4ccccc43)s2)cc1. The van der Waals surface area contributed by atoms with Crippen LogP contribution in [0.2, 0.25) is 0 Å². The predicted molar refractivity (Wildman–Crippen MR) is 120 cm³/mol. The van der Waals surface area contributed by atoms with Gasteiger partial charge in [0.15, 0.2) is 5.13 Å². The van der Waals surface area contributed by atoms with Gasteiger partial charge in [-0.1, -0.05) is 41.7 Å². The van der Waals surface area contributed by atoms with Crippen LogP contribution in [0.15, 0.2) is 60.7 Å². The summed E-state index contributed by atoms with van der Waals surface area (Å²) in [5, 5.41) is 8.49. The maximum Gasteiger partial charge on any atom is 0.251 e. The normalized spacial score (nSPS) is 10.8. The number of nitrogens with one attached hydrogen (secondary N) is 2. The van der Waals surface area contributed by atoms with E-state index in [1.54, 1.807) is 31.4 Å². The molecule has 0 aliphatic carbocycles. The number of methoxy groups -OCH3 is 1. The number of carbonyl (C=O) groups excluding carboxylic acids is 2. The second kappa shape index (κ2) is 8.92. The number of amides is 2. The maximum atomic E-state index is 12.3. The van der Waals surface area contributed by atoms with Crippen molar-refractivity contribution in [3.8, 4) is 5.75 Å². The third-order valence-corrected chi connectivity index (χ3v) is 5.68. The molecule has 152 valence electrons.